The average molecular weight is 198 g/mol. The average Bonchev–Trinajstić information content (AvgIpc) is 2.71. The molecule has 0 amide bonds. The molecule has 74 valence electrons. The summed E-state index contributed by atoms with van der Waals surface area (Å²) in [5.41, 5.74) is 0. The van der Waals surface area contributed by atoms with Crippen molar-refractivity contribution in [2.75, 3.05) is 12.3 Å². The van der Waals surface area contributed by atoms with Crippen molar-refractivity contribution in [3.8, 4) is 0 Å². The molecule has 3 unspecified atom stereocenters. The molecule has 1 N–H and O–H groups in total. The molecule has 0 radical (unpaired) electrons. The minimum Gasteiger partial charge on any atom is -0.362 e. The molecule has 1 fully saturated rings. The van der Waals surface area contributed by atoms with Gasteiger partial charge in [0.2, 0.25) is 0 Å². The number of nitrogens with zero attached hydrogens (tertiary/aromatic N) is 1. The Bertz CT molecular complexity index is 215. The molecule has 3 atom stereocenters. The Morgan fingerprint density at radius 2 is 2.23 bits per heavy atom. The van der Waals surface area contributed by atoms with Crippen LogP contribution in [-0.2, 0) is 0 Å². The van der Waals surface area contributed by atoms with Gasteiger partial charge in [0.15, 0.2) is 5.17 Å². The Balaban J connectivity index is 1.88. The molecule has 0 spiro atoms. The number of hydrogen-bond acceptors (Lipinski definition) is 3. The quantitative estimate of drug-likeness (QED) is 0.698. The molecule has 1 aliphatic heterocycles. The lowest BCUT2D eigenvalue weighted by atomic mass is 9.98. The van der Waals surface area contributed by atoms with Crippen LogP contribution in [0.5, 0.6) is 0 Å². The van der Waals surface area contributed by atoms with Crippen LogP contribution in [0.3, 0.4) is 0 Å². The van der Waals surface area contributed by atoms with E-state index in [0.717, 1.165) is 18.4 Å². The van der Waals surface area contributed by atoms with Gasteiger partial charge < -0.3 is 5.32 Å². The summed E-state index contributed by atoms with van der Waals surface area (Å²) in [5, 5.41) is 4.76. The third-order valence-corrected chi connectivity index (χ3v) is 4.27. The van der Waals surface area contributed by atoms with Crippen molar-refractivity contribution in [2.45, 2.75) is 32.7 Å². The minimum absolute atomic E-state index is 0.680. The third kappa shape index (κ3) is 2.01. The van der Waals surface area contributed by atoms with Crippen molar-refractivity contribution >= 4 is 16.9 Å². The highest BCUT2D eigenvalue weighted by Crippen LogP contribution is 2.31. The van der Waals surface area contributed by atoms with Crippen LogP contribution < -0.4 is 5.32 Å². The topological polar surface area (TPSA) is 24.4 Å². The molecule has 0 bridgehead atoms. The van der Waals surface area contributed by atoms with Gasteiger partial charge in [-0.3, -0.25) is 4.99 Å². The Hall–Kier alpha value is -0.180. The summed E-state index contributed by atoms with van der Waals surface area (Å²) >= 11 is 1.87. The number of aliphatic imine (C=N–C) groups is 1. The van der Waals surface area contributed by atoms with Crippen LogP contribution in [0.4, 0.5) is 0 Å². The fourth-order valence-corrected chi connectivity index (χ4v) is 2.94. The van der Waals surface area contributed by atoms with Crippen molar-refractivity contribution in [1.29, 1.82) is 0 Å². The maximum atomic E-state index is 4.43. The predicted molar refractivity (Wildman–Crippen MR) is 59.2 cm³/mol. The molecule has 2 aliphatic rings. The standard InChI is InChI=1S/C10H18N2S/c1-7-3-4-9(8(7)2)12-10-11-5-6-13-10/h7-9H,3-6H2,1-2H3,(H,11,12). The van der Waals surface area contributed by atoms with E-state index in [2.05, 4.69) is 24.2 Å². The van der Waals surface area contributed by atoms with Gasteiger partial charge in [0, 0.05) is 11.8 Å². The highest BCUT2D eigenvalue weighted by molar-refractivity contribution is 8.14. The molecule has 3 heteroatoms. The van der Waals surface area contributed by atoms with E-state index in [-0.39, 0.29) is 0 Å². The van der Waals surface area contributed by atoms with Crippen LogP contribution in [-0.4, -0.2) is 23.5 Å². The third-order valence-electron chi connectivity index (χ3n) is 3.36. The number of rotatable bonds is 1. The monoisotopic (exact) mass is 198 g/mol. The fourth-order valence-electron chi connectivity index (χ4n) is 2.15. The zero-order valence-corrected chi connectivity index (χ0v) is 9.23. The van der Waals surface area contributed by atoms with E-state index in [1.165, 1.54) is 23.8 Å². The summed E-state index contributed by atoms with van der Waals surface area (Å²) in [6.07, 6.45) is 2.69. The van der Waals surface area contributed by atoms with Crippen LogP contribution in [0.25, 0.3) is 0 Å². The zero-order valence-electron chi connectivity index (χ0n) is 8.42. The molecule has 0 aromatic carbocycles. The lowest BCUT2D eigenvalue weighted by molar-refractivity contribution is 0.404. The second kappa shape index (κ2) is 3.91. The molecule has 1 aliphatic carbocycles. The Morgan fingerprint density at radius 1 is 1.38 bits per heavy atom. The van der Waals surface area contributed by atoms with Crippen LogP contribution >= 0.6 is 11.8 Å². The summed E-state index contributed by atoms with van der Waals surface area (Å²) in [6, 6.07) is 0.680. The second-order valence-electron chi connectivity index (χ2n) is 4.20. The minimum atomic E-state index is 0.680. The number of hydrogen-bond donors (Lipinski definition) is 1. The highest BCUT2D eigenvalue weighted by atomic mass is 32.2. The summed E-state index contributed by atoms with van der Waals surface area (Å²) in [4.78, 5) is 4.43. The van der Waals surface area contributed by atoms with E-state index in [1.807, 2.05) is 11.8 Å². The zero-order chi connectivity index (χ0) is 9.26. The molecule has 2 nitrogen and oxygen atoms in total. The van der Waals surface area contributed by atoms with Gasteiger partial charge in [-0.05, 0) is 24.7 Å². The first kappa shape index (κ1) is 9.38. The van der Waals surface area contributed by atoms with E-state index in [4.69, 9.17) is 0 Å². The molecular formula is C10H18N2S. The van der Waals surface area contributed by atoms with Gasteiger partial charge in [-0.25, -0.2) is 0 Å². The molecule has 2 rings (SSSR count). The summed E-state index contributed by atoms with van der Waals surface area (Å²) in [7, 11) is 0. The van der Waals surface area contributed by atoms with Crippen molar-refractivity contribution in [3.05, 3.63) is 0 Å². The first-order chi connectivity index (χ1) is 6.27. The Labute approximate surface area is 84.6 Å². The Kier molecular flexibility index (Phi) is 2.82. The molecule has 0 saturated heterocycles. The molecule has 0 aromatic heterocycles. The van der Waals surface area contributed by atoms with E-state index < -0.39 is 0 Å². The summed E-state index contributed by atoms with van der Waals surface area (Å²) in [6.45, 7) is 5.72. The summed E-state index contributed by atoms with van der Waals surface area (Å²) < 4.78 is 0. The van der Waals surface area contributed by atoms with Gasteiger partial charge in [-0.2, -0.15) is 0 Å². The predicted octanol–water partition coefficient (Wildman–Crippen LogP) is 2.11. The second-order valence-corrected chi connectivity index (χ2v) is 5.28. The maximum Gasteiger partial charge on any atom is 0.156 e. The van der Waals surface area contributed by atoms with E-state index >= 15 is 0 Å². The van der Waals surface area contributed by atoms with E-state index in [0.29, 0.717) is 6.04 Å². The number of amidine groups is 1. The largest absolute Gasteiger partial charge is 0.362 e. The van der Waals surface area contributed by atoms with Crippen molar-refractivity contribution in [2.24, 2.45) is 16.8 Å². The lowest BCUT2D eigenvalue weighted by Crippen LogP contribution is -2.35. The molecule has 1 heterocycles. The van der Waals surface area contributed by atoms with Crippen LogP contribution in [0.15, 0.2) is 4.99 Å². The van der Waals surface area contributed by atoms with E-state index in [9.17, 15) is 0 Å². The van der Waals surface area contributed by atoms with Gasteiger partial charge in [0.25, 0.3) is 0 Å². The molecular weight excluding hydrogens is 180 g/mol. The lowest BCUT2D eigenvalue weighted by Gasteiger charge is -2.20. The number of nitrogens with one attached hydrogen (secondary N) is 1. The van der Waals surface area contributed by atoms with Gasteiger partial charge in [0.05, 0.1) is 6.54 Å². The van der Waals surface area contributed by atoms with Crippen molar-refractivity contribution < 1.29 is 0 Å². The van der Waals surface area contributed by atoms with Gasteiger partial charge in [0.1, 0.15) is 0 Å². The van der Waals surface area contributed by atoms with Gasteiger partial charge >= 0.3 is 0 Å². The van der Waals surface area contributed by atoms with Crippen molar-refractivity contribution in [1.82, 2.24) is 5.32 Å². The smallest absolute Gasteiger partial charge is 0.156 e. The van der Waals surface area contributed by atoms with Gasteiger partial charge in [-0.1, -0.05) is 25.6 Å². The Morgan fingerprint density at radius 3 is 2.77 bits per heavy atom. The van der Waals surface area contributed by atoms with Crippen LogP contribution in [0, 0.1) is 11.8 Å². The van der Waals surface area contributed by atoms with Crippen LogP contribution in [0.2, 0.25) is 0 Å². The molecule has 13 heavy (non-hydrogen) atoms. The SMILES string of the molecule is CC1CCC(NC2=NCCS2)C1C. The van der Waals surface area contributed by atoms with Gasteiger partial charge in [-0.15, -0.1) is 0 Å². The molecule has 0 aromatic rings. The van der Waals surface area contributed by atoms with Crippen LogP contribution in [0.1, 0.15) is 26.7 Å². The molecule has 1 saturated carbocycles. The van der Waals surface area contributed by atoms with Crippen molar-refractivity contribution in [3.63, 3.8) is 0 Å². The summed E-state index contributed by atoms with van der Waals surface area (Å²) in [5.74, 6) is 2.85. The number of thioether (sulfide) groups is 1. The fraction of sp³-hybridized carbons (Fsp3) is 0.900. The first-order valence-corrected chi connectivity index (χ1v) is 6.19. The first-order valence-electron chi connectivity index (χ1n) is 5.21. The highest BCUT2D eigenvalue weighted by Gasteiger charge is 2.30. The maximum absolute atomic E-state index is 4.43. The van der Waals surface area contributed by atoms with E-state index in [1.54, 1.807) is 0 Å². The normalized spacial score (nSPS) is 39.2.